The number of halogens is 2. The molecule has 1 aromatic carbocycles. The lowest BCUT2D eigenvalue weighted by molar-refractivity contribution is 0.154. The summed E-state index contributed by atoms with van der Waals surface area (Å²) in [4.78, 5) is 15.8. The van der Waals surface area contributed by atoms with E-state index in [9.17, 15) is 8.78 Å². The van der Waals surface area contributed by atoms with Gasteiger partial charge in [-0.1, -0.05) is 0 Å². The lowest BCUT2D eigenvalue weighted by Crippen LogP contribution is -2.48. The minimum atomic E-state index is -0.920. The van der Waals surface area contributed by atoms with E-state index in [2.05, 4.69) is 20.2 Å². The Kier molecular flexibility index (Phi) is 5.30. The number of rotatable bonds is 5. The van der Waals surface area contributed by atoms with Crippen LogP contribution in [-0.2, 0) is 6.54 Å². The van der Waals surface area contributed by atoms with Gasteiger partial charge in [0.2, 0.25) is 5.95 Å². The molecule has 4 atom stereocenters. The van der Waals surface area contributed by atoms with Gasteiger partial charge in [-0.05, 0) is 56.6 Å². The third-order valence-electron chi connectivity index (χ3n) is 7.24. The van der Waals surface area contributed by atoms with Crippen LogP contribution in [0.15, 0.2) is 30.6 Å². The number of anilines is 2. The van der Waals surface area contributed by atoms with Crippen molar-refractivity contribution in [3.63, 3.8) is 0 Å². The van der Waals surface area contributed by atoms with Gasteiger partial charge in [0.1, 0.15) is 17.9 Å². The number of piperidine rings is 1. The van der Waals surface area contributed by atoms with Crippen LogP contribution in [-0.4, -0.2) is 43.9 Å². The third kappa shape index (κ3) is 3.95. The van der Waals surface area contributed by atoms with E-state index in [1.807, 2.05) is 17.7 Å². The Hall–Kier alpha value is -3.30. The maximum Gasteiger partial charge on any atom is 0.242 e. The summed E-state index contributed by atoms with van der Waals surface area (Å²) in [5.41, 5.74) is 0.977. The van der Waals surface area contributed by atoms with Gasteiger partial charge in [0, 0.05) is 43.5 Å². The van der Waals surface area contributed by atoms with Crippen molar-refractivity contribution in [2.24, 2.45) is 11.8 Å². The molecule has 4 heterocycles. The summed E-state index contributed by atoms with van der Waals surface area (Å²) >= 11 is 0. The fraction of sp³-hybridized carbons (Fsp3) is 0.500. The minimum Gasteiger partial charge on any atom is -0.482 e. The smallest absolute Gasteiger partial charge is 0.242 e. The molecule has 2 bridgehead atoms. The summed E-state index contributed by atoms with van der Waals surface area (Å²) < 4.78 is 34.7. The molecule has 6 rings (SSSR count). The highest BCUT2D eigenvalue weighted by molar-refractivity contribution is 5.41. The topological polar surface area (TPSA) is 81.0 Å². The standard InChI is InChI=1S/C24H27F2N7O/c1-14-9-21(28-13-27-14)32-11-15-4-5-16(12-32)22(15)29-24-30-23-20(3-2-8-33(23)31-24)34-17-6-7-18(25)19(26)10-17/h6-7,9-10,13,15-16,20,22H,2-5,8,11-12H2,1H3,(H,29,31)/t15-,16+,20-,22-/m0/s1. The van der Waals surface area contributed by atoms with Crippen molar-refractivity contribution in [1.29, 1.82) is 0 Å². The second-order valence-corrected chi connectivity index (χ2v) is 9.53. The average molecular weight is 468 g/mol. The van der Waals surface area contributed by atoms with E-state index in [-0.39, 0.29) is 6.10 Å². The first-order valence-electron chi connectivity index (χ1n) is 11.9. The van der Waals surface area contributed by atoms with E-state index in [0.29, 0.717) is 29.6 Å². The summed E-state index contributed by atoms with van der Waals surface area (Å²) in [6.45, 7) is 4.64. The Morgan fingerprint density at radius 3 is 2.62 bits per heavy atom. The number of hydrogen-bond acceptors (Lipinski definition) is 7. The highest BCUT2D eigenvalue weighted by Crippen LogP contribution is 2.40. The molecule has 178 valence electrons. The zero-order valence-corrected chi connectivity index (χ0v) is 19.0. The highest BCUT2D eigenvalue weighted by Gasteiger charge is 2.43. The molecule has 34 heavy (non-hydrogen) atoms. The molecule has 2 fully saturated rings. The van der Waals surface area contributed by atoms with Crippen molar-refractivity contribution in [1.82, 2.24) is 24.7 Å². The normalized spacial score (nSPS) is 25.8. The molecular weight excluding hydrogens is 440 g/mol. The molecule has 3 aliphatic rings. The van der Waals surface area contributed by atoms with E-state index < -0.39 is 11.6 Å². The molecular formula is C24H27F2N7O. The van der Waals surface area contributed by atoms with Gasteiger partial charge in [-0.25, -0.2) is 23.4 Å². The van der Waals surface area contributed by atoms with Crippen LogP contribution in [0.25, 0.3) is 0 Å². The van der Waals surface area contributed by atoms with Crippen LogP contribution in [0.3, 0.4) is 0 Å². The fourth-order valence-corrected chi connectivity index (χ4v) is 5.61. The summed E-state index contributed by atoms with van der Waals surface area (Å²) in [6.07, 6.45) is 5.25. The minimum absolute atomic E-state index is 0.292. The number of nitrogens with one attached hydrogen (secondary N) is 1. The van der Waals surface area contributed by atoms with Crippen LogP contribution in [0.1, 0.15) is 43.3 Å². The van der Waals surface area contributed by atoms with Crippen LogP contribution < -0.4 is 15.0 Å². The Balaban J connectivity index is 1.16. The number of benzene rings is 1. The first kappa shape index (κ1) is 21.2. The Morgan fingerprint density at radius 1 is 1.03 bits per heavy atom. The molecule has 1 aliphatic carbocycles. The second kappa shape index (κ2) is 8.48. The predicted molar refractivity (Wildman–Crippen MR) is 122 cm³/mol. The molecule has 1 saturated heterocycles. The molecule has 2 aromatic heterocycles. The quantitative estimate of drug-likeness (QED) is 0.610. The molecule has 0 spiro atoms. The van der Waals surface area contributed by atoms with E-state index >= 15 is 0 Å². The zero-order chi connectivity index (χ0) is 23.2. The molecule has 1 N–H and O–H groups in total. The van der Waals surface area contributed by atoms with E-state index in [1.165, 1.54) is 18.9 Å². The largest absolute Gasteiger partial charge is 0.482 e. The SMILES string of the molecule is Cc1cc(N2C[C@H]3CC[C@@H](C2)[C@@H]3Nc2nc3n(n2)CCC[C@@H]3Oc2ccc(F)c(F)c2)ncn1. The van der Waals surface area contributed by atoms with Crippen molar-refractivity contribution in [3.05, 3.63) is 53.7 Å². The van der Waals surface area contributed by atoms with Gasteiger partial charge in [0.25, 0.3) is 0 Å². The average Bonchev–Trinajstić information content (AvgIpc) is 3.33. The summed E-state index contributed by atoms with van der Waals surface area (Å²) in [5, 5.41) is 8.32. The molecule has 8 nitrogen and oxygen atoms in total. The molecule has 10 heteroatoms. The fourth-order valence-electron chi connectivity index (χ4n) is 5.61. The molecule has 3 aromatic rings. The van der Waals surface area contributed by atoms with Gasteiger partial charge in [-0.3, -0.25) is 0 Å². The van der Waals surface area contributed by atoms with Gasteiger partial charge in [0.05, 0.1) is 0 Å². The monoisotopic (exact) mass is 467 g/mol. The predicted octanol–water partition coefficient (Wildman–Crippen LogP) is 3.90. The lowest BCUT2D eigenvalue weighted by Gasteiger charge is -2.38. The van der Waals surface area contributed by atoms with Gasteiger partial charge < -0.3 is 15.0 Å². The van der Waals surface area contributed by atoms with Gasteiger partial charge >= 0.3 is 0 Å². The molecule has 0 unspecified atom stereocenters. The lowest BCUT2D eigenvalue weighted by atomic mass is 9.92. The number of nitrogens with zero attached hydrogens (tertiary/aromatic N) is 6. The molecule has 2 aliphatic heterocycles. The maximum absolute atomic E-state index is 13.6. The van der Waals surface area contributed by atoms with Crippen molar-refractivity contribution in [2.75, 3.05) is 23.3 Å². The van der Waals surface area contributed by atoms with Crippen LogP contribution >= 0.6 is 0 Å². The van der Waals surface area contributed by atoms with Gasteiger partial charge in [-0.2, -0.15) is 4.98 Å². The number of fused-ring (bicyclic) bond motifs is 3. The highest BCUT2D eigenvalue weighted by atomic mass is 19.2. The molecule has 1 saturated carbocycles. The first-order chi connectivity index (χ1) is 16.5. The summed E-state index contributed by atoms with van der Waals surface area (Å²) in [5.74, 6) is 1.80. The maximum atomic E-state index is 13.6. The summed E-state index contributed by atoms with van der Waals surface area (Å²) in [7, 11) is 0. The van der Waals surface area contributed by atoms with Crippen molar-refractivity contribution in [3.8, 4) is 5.75 Å². The molecule has 0 radical (unpaired) electrons. The van der Waals surface area contributed by atoms with Crippen LogP contribution in [0, 0.1) is 30.4 Å². The number of hydrogen-bond donors (Lipinski definition) is 1. The first-order valence-corrected chi connectivity index (χ1v) is 11.9. The van der Waals surface area contributed by atoms with Gasteiger partial charge in [-0.15, -0.1) is 5.10 Å². The molecule has 0 amide bonds. The second-order valence-electron chi connectivity index (χ2n) is 9.53. The van der Waals surface area contributed by atoms with E-state index in [1.54, 1.807) is 6.33 Å². The Bertz CT molecular complexity index is 1190. The number of aryl methyl sites for hydroxylation is 2. The van der Waals surface area contributed by atoms with E-state index in [0.717, 1.165) is 61.9 Å². The third-order valence-corrected chi connectivity index (χ3v) is 7.24. The Labute approximate surface area is 196 Å². The van der Waals surface area contributed by atoms with Crippen LogP contribution in [0.5, 0.6) is 5.75 Å². The summed E-state index contributed by atoms with van der Waals surface area (Å²) in [6, 6.07) is 5.96. The van der Waals surface area contributed by atoms with E-state index in [4.69, 9.17) is 14.8 Å². The van der Waals surface area contributed by atoms with Crippen molar-refractivity contribution >= 4 is 11.8 Å². The Morgan fingerprint density at radius 2 is 1.85 bits per heavy atom. The number of ether oxygens (including phenoxy) is 1. The number of aromatic nitrogens is 5. The zero-order valence-electron chi connectivity index (χ0n) is 19.0. The van der Waals surface area contributed by atoms with Crippen LogP contribution in [0.4, 0.5) is 20.5 Å². The van der Waals surface area contributed by atoms with Gasteiger partial charge in [0.15, 0.2) is 23.6 Å². The van der Waals surface area contributed by atoms with Crippen molar-refractivity contribution < 1.29 is 13.5 Å². The van der Waals surface area contributed by atoms with Crippen molar-refractivity contribution in [2.45, 2.75) is 51.3 Å². The van der Waals surface area contributed by atoms with Crippen LogP contribution in [0.2, 0.25) is 0 Å².